The molecule has 0 spiro atoms. The van der Waals surface area contributed by atoms with Crippen molar-refractivity contribution in [2.75, 3.05) is 7.05 Å². The van der Waals surface area contributed by atoms with E-state index in [-0.39, 0.29) is 0 Å². The van der Waals surface area contributed by atoms with Crippen molar-refractivity contribution in [1.29, 1.82) is 0 Å². The summed E-state index contributed by atoms with van der Waals surface area (Å²) in [4.78, 5) is 7.99. The highest BCUT2D eigenvalue weighted by Crippen LogP contribution is 2.07. The van der Waals surface area contributed by atoms with E-state index >= 15 is 0 Å². The molecule has 1 aromatic carbocycles. The molecule has 0 bridgehead atoms. The molecule has 0 saturated carbocycles. The number of rotatable bonds is 6. The summed E-state index contributed by atoms with van der Waals surface area (Å²) in [5, 5.41) is 12.7. The normalized spacial score (nSPS) is 11.2. The monoisotopic (exact) mass is 298 g/mol. The summed E-state index contributed by atoms with van der Waals surface area (Å²) < 4.78 is 5.19. The number of hydrogen-bond acceptors (Lipinski definition) is 6. The molecule has 0 atom stereocenters. The largest absolute Gasteiger partial charge is 0.338 e. The molecule has 0 unspecified atom stereocenters. The van der Waals surface area contributed by atoms with Crippen LogP contribution in [0.15, 0.2) is 41.1 Å². The van der Waals surface area contributed by atoms with Gasteiger partial charge >= 0.3 is 0 Å². The van der Waals surface area contributed by atoms with Gasteiger partial charge in [-0.1, -0.05) is 30.3 Å². The maximum atomic E-state index is 5.19. The fourth-order valence-corrected chi connectivity index (χ4v) is 2.11. The summed E-state index contributed by atoms with van der Waals surface area (Å²) in [6.45, 7) is 3.25. The molecule has 22 heavy (non-hydrogen) atoms. The Kier molecular flexibility index (Phi) is 4.24. The van der Waals surface area contributed by atoms with Gasteiger partial charge in [-0.25, -0.2) is 0 Å². The summed E-state index contributed by atoms with van der Waals surface area (Å²) in [5.74, 6) is 1.35. The molecule has 7 nitrogen and oxygen atoms in total. The first kappa shape index (κ1) is 14.4. The van der Waals surface area contributed by atoms with E-state index in [0.29, 0.717) is 19.0 Å². The first-order chi connectivity index (χ1) is 10.7. The Labute approximate surface area is 128 Å². The zero-order chi connectivity index (χ0) is 15.4. The second-order valence-corrected chi connectivity index (χ2v) is 5.09. The number of aryl methyl sites for hydroxylation is 1. The summed E-state index contributed by atoms with van der Waals surface area (Å²) >= 11 is 0. The van der Waals surface area contributed by atoms with E-state index in [4.69, 9.17) is 4.52 Å². The van der Waals surface area contributed by atoms with Gasteiger partial charge in [0.1, 0.15) is 0 Å². The molecule has 2 aromatic heterocycles. The molecule has 7 heteroatoms. The molecule has 2 heterocycles. The van der Waals surface area contributed by atoms with Crippen LogP contribution in [0.1, 0.15) is 24.3 Å². The molecule has 0 aliphatic carbocycles. The average molecular weight is 298 g/mol. The van der Waals surface area contributed by atoms with Crippen LogP contribution in [-0.2, 0) is 19.5 Å². The van der Waals surface area contributed by atoms with E-state index in [1.165, 1.54) is 0 Å². The van der Waals surface area contributed by atoms with Gasteiger partial charge in [-0.3, -0.25) is 4.90 Å². The molecule has 0 fully saturated rings. The Bertz CT molecular complexity index is 720. The van der Waals surface area contributed by atoms with Crippen LogP contribution in [-0.4, -0.2) is 37.1 Å². The van der Waals surface area contributed by atoms with E-state index in [1.807, 2.05) is 44.3 Å². The Morgan fingerprint density at radius 1 is 1.18 bits per heavy atom. The van der Waals surface area contributed by atoms with Crippen LogP contribution in [0.2, 0.25) is 0 Å². The molecule has 0 saturated heterocycles. The van der Waals surface area contributed by atoms with Crippen molar-refractivity contribution in [2.45, 2.75) is 26.4 Å². The quantitative estimate of drug-likeness (QED) is 0.691. The van der Waals surface area contributed by atoms with Gasteiger partial charge in [0.2, 0.25) is 5.89 Å². The third-order valence-corrected chi connectivity index (χ3v) is 3.19. The lowest BCUT2D eigenvalue weighted by molar-refractivity contribution is 0.258. The molecule has 3 aromatic rings. The summed E-state index contributed by atoms with van der Waals surface area (Å²) in [7, 11) is 1.98. The van der Waals surface area contributed by atoms with Gasteiger partial charge in [0.05, 0.1) is 24.1 Å². The van der Waals surface area contributed by atoms with E-state index in [1.54, 1.807) is 11.0 Å². The SMILES string of the molecule is CCc1noc(CN(C)Cc2cnn(-c3ccccc3)n2)n1. The van der Waals surface area contributed by atoms with E-state index < -0.39 is 0 Å². The van der Waals surface area contributed by atoms with Gasteiger partial charge < -0.3 is 4.52 Å². The minimum absolute atomic E-state index is 0.588. The van der Waals surface area contributed by atoms with Crippen molar-refractivity contribution in [2.24, 2.45) is 0 Å². The number of hydrogen-bond donors (Lipinski definition) is 0. The Morgan fingerprint density at radius 2 is 2.00 bits per heavy atom. The minimum atomic E-state index is 0.588. The van der Waals surface area contributed by atoms with E-state index in [2.05, 4.69) is 25.2 Å². The topological polar surface area (TPSA) is 72.9 Å². The molecule has 3 rings (SSSR count). The number of para-hydroxylation sites is 1. The second-order valence-electron chi connectivity index (χ2n) is 5.09. The van der Waals surface area contributed by atoms with Gasteiger partial charge in [0.15, 0.2) is 5.82 Å². The van der Waals surface area contributed by atoms with Gasteiger partial charge in [-0.05, 0) is 19.2 Å². The maximum absolute atomic E-state index is 5.19. The van der Waals surface area contributed by atoms with E-state index in [9.17, 15) is 0 Å². The van der Waals surface area contributed by atoms with Crippen LogP contribution in [0.4, 0.5) is 0 Å². The van der Waals surface area contributed by atoms with Crippen LogP contribution in [0.3, 0.4) is 0 Å². The van der Waals surface area contributed by atoms with Gasteiger partial charge in [0, 0.05) is 13.0 Å². The summed E-state index contributed by atoms with van der Waals surface area (Å²) in [6.07, 6.45) is 2.55. The van der Waals surface area contributed by atoms with E-state index in [0.717, 1.165) is 23.6 Å². The Morgan fingerprint density at radius 3 is 2.73 bits per heavy atom. The predicted molar refractivity (Wildman–Crippen MR) is 80.2 cm³/mol. The number of benzene rings is 1. The molecule has 0 aliphatic heterocycles. The minimum Gasteiger partial charge on any atom is -0.338 e. The van der Waals surface area contributed by atoms with Crippen LogP contribution in [0, 0.1) is 0 Å². The van der Waals surface area contributed by atoms with Gasteiger partial charge in [-0.2, -0.15) is 20.0 Å². The molecule has 0 aliphatic rings. The molecule has 114 valence electrons. The third-order valence-electron chi connectivity index (χ3n) is 3.19. The van der Waals surface area contributed by atoms with Crippen molar-refractivity contribution in [3.63, 3.8) is 0 Å². The number of nitrogens with zero attached hydrogens (tertiary/aromatic N) is 6. The molecule has 0 N–H and O–H groups in total. The van der Waals surface area contributed by atoms with Crippen LogP contribution in [0.25, 0.3) is 5.69 Å². The average Bonchev–Trinajstić information content (AvgIpc) is 3.17. The molecule has 0 amide bonds. The van der Waals surface area contributed by atoms with Crippen molar-refractivity contribution >= 4 is 0 Å². The predicted octanol–water partition coefficient (Wildman–Crippen LogP) is 1.84. The summed E-state index contributed by atoms with van der Waals surface area (Å²) in [6, 6.07) is 9.84. The smallest absolute Gasteiger partial charge is 0.240 e. The van der Waals surface area contributed by atoms with Crippen LogP contribution >= 0.6 is 0 Å². The third kappa shape index (κ3) is 3.37. The van der Waals surface area contributed by atoms with Crippen molar-refractivity contribution in [1.82, 2.24) is 30.0 Å². The first-order valence-electron chi connectivity index (χ1n) is 7.21. The standard InChI is InChI=1S/C15H18N6O/c1-3-14-17-15(22-19-14)11-20(2)10-12-9-16-21(18-12)13-7-5-4-6-8-13/h4-9H,3,10-11H2,1-2H3. The lowest BCUT2D eigenvalue weighted by Crippen LogP contribution is -2.18. The molecular formula is C15H18N6O. The van der Waals surface area contributed by atoms with Gasteiger partial charge in [0.25, 0.3) is 0 Å². The van der Waals surface area contributed by atoms with Crippen molar-refractivity contribution < 1.29 is 4.52 Å². The fourth-order valence-electron chi connectivity index (χ4n) is 2.11. The van der Waals surface area contributed by atoms with Crippen molar-refractivity contribution in [3.8, 4) is 5.69 Å². The molecular weight excluding hydrogens is 280 g/mol. The van der Waals surface area contributed by atoms with Crippen LogP contribution in [0.5, 0.6) is 0 Å². The molecule has 0 radical (unpaired) electrons. The zero-order valence-corrected chi connectivity index (χ0v) is 12.7. The zero-order valence-electron chi connectivity index (χ0n) is 12.7. The van der Waals surface area contributed by atoms with Gasteiger partial charge in [-0.15, -0.1) is 0 Å². The van der Waals surface area contributed by atoms with Crippen LogP contribution < -0.4 is 0 Å². The summed E-state index contributed by atoms with van der Waals surface area (Å²) in [5.41, 5.74) is 1.84. The lowest BCUT2D eigenvalue weighted by Gasteiger charge is -2.11. The Hall–Kier alpha value is -2.54. The maximum Gasteiger partial charge on any atom is 0.240 e. The highest BCUT2D eigenvalue weighted by molar-refractivity contribution is 5.28. The lowest BCUT2D eigenvalue weighted by atomic mass is 10.3. The van der Waals surface area contributed by atoms with Crippen molar-refractivity contribution in [3.05, 3.63) is 53.9 Å². The second kappa shape index (κ2) is 6.48. The first-order valence-corrected chi connectivity index (χ1v) is 7.21. The Balaban J connectivity index is 1.62. The highest BCUT2D eigenvalue weighted by Gasteiger charge is 2.10. The fraction of sp³-hybridized carbons (Fsp3) is 0.333. The highest BCUT2D eigenvalue weighted by atomic mass is 16.5. The number of aromatic nitrogens is 5.